The lowest BCUT2D eigenvalue weighted by Gasteiger charge is -2.07. The van der Waals surface area contributed by atoms with Crippen molar-refractivity contribution in [2.24, 2.45) is 0 Å². The van der Waals surface area contributed by atoms with Crippen LogP contribution in [0.5, 0.6) is 0 Å². The van der Waals surface area contributed by atoms with E-state index in [1.165, 1.54) is 16.5 Å². The summed E-state index contributed by atoms with van der Waals surface area (Å²) >= 11 is 0. The Hall–Kier alpha value is -1.32. The van der Waals surface area contributed by atoms with E-state index >= 15 is 0 Å². The lowest BCUT2D eigenvalue weighted by molar-refractivity contribution is 0.188. The number of nitrogens with one attached hydrogen (secondary N) is 1. The molecule has 92 valence electrons. The van der Waals surface area contributed by atoms with Gasteiger partial charge < -0.3 is 14.6 Å². The number of fused-ring (bicyclic) bond motifs is 1. The standard InChI is InChI=1S/C14H20N2O/c1-3-15-11-12-4-5-13-6-7-16(8-9-17-2)14(13)10-12/h4-7,10,15H,3,8-9,11H2,1-2H3. The normalized spacial score (nSPS) is 11.2. The van der Waals surface area contributed by atoms with Gasteiger partial charge in [0.1, 0.15) is 0 Å². The van der Waals surface area contributed by atoms with Crippen molar-refractivity contribution in [3.05, 3.63) is 36.0 Å². The van der Waals surface area contributed by atoms with Crippen molar-refractivity contribution in [3.8, 4) is 0 Å². The molecule has 1 N–H and O–H groups in total. The molecule has 17 heavy (non-hydrogen) atoms. The SMILES string of the molecule is CCNCc1ccc2ccn(CCOC)c2c1. The first-order valence-electron chi connectivity index (χ1n) is 6.12. The second-order valence-electron chi connectivity index (χ2n) is 4.18. The third-order valence-electron chi connectivity index (χ3n) is 2.95. The zero-order valence-corrected chi connectivity index (χ0v) is 10.6. The molecular formula is C14H20N2O. The Morgan fingerprint density at radius 1 is 1.29 bits per heavy atom. The molecule has 2 aromatic rings. The second-order valence-corrected chi connectivity index (χ2v) is 4.18. The summed E-state index contributed by atoms with van der Waals surface area (Å²) in [5.74, 6) is 0. The maximum atomic E-state index is 5.13. The van der Waals surface area contributed by atoms with Crippen LogP contribution in [0.3, 0.4) is 0 Å². The number of rotatable bonds is 6. The van der Waals surface area contributed by atoms with Crippen LogP contribution in [-0.2, 0) is 17.8 Å². The van der Waals surface area contributed by atoms with Crippen LogP contribution in [-0.4, -0.2) is 24.8 Å². The number of ether oxygens (including phenoxy) is 1. The lowest BCUT2D eigenvalue weighted by atomic mass is 10.1. The zero-order chi connectivity index (χ0) is 12.1. The zero-order valence-electron chi connectivity index (χ0n) is 10.6. The summed E-state index contributed by atoms with van der Waals surface area (Å²) in [5.41, 5.74) is 2.62. The molecule has 0 spiro atoms. The fourth-order valence-electron chi connectivity index (χ4n) is 1.99. The molecule has 0 aliphatic rings. The van der Waals surface area contributed by atoms with Crippen LogP contribution >= 0.6 is 0 Å². The first-order valence-corrected chi connectivity index (χ1v) is 6.12. The fraction of sp³-hybridized carbons (Fsp3) is 0.429. The monoisotopic (exact) mass is 232 g/mol. The molecular weight excluding hydrogens is 212 g/mol. The van der Waals surface area contributed by atoms with E-state index in [1.54, 1.807) is 7.11 Å². The molecule has 0 radical (unpaired) electrons. The topological polar surface area (TPSA) is 26.2 Å². The van der Waals surface area contributed by atoms with E-state index in [0.717, 1.165) is 26.2 Å². The van der Waals surface area contributed by atoms with Gasteiger partial charge in [0, 0.05) is 31.9 Å². The average Bonchev–Trinajstić information content (AvgIpc) is 2.76. The van der Waals surface area contributed by atoms with E-state index in [9.17, 15) is 0 Å². The highest BCUT2D eigenvalue weighted by atomic mass is 16.5. The molecule has 1 aromatic carbocycles. The molecule has 1 aromatic heterocycles. The molecule has 1 heterocycles. The summed E-state index contributed by atoms with van der Waals surface area (Å²) in [6, 6.07) is 8.78. The number of methoxy groups -OCH3 is 1. The van der Waals surface area contributed by atoms with Gasteiger partial charge in [0.15, 0.2) is 0 Å². The van der Waals surface area contributed by atoms with Crippen molar-refractivity contribution in [3.63, 3.8) is 0 Å². The van der Waals surface area contributed by atoms with Crippen molar-refractivity contribution in [1.82, 2.24) is 9.88 Å². The van der Waals surface area contributed by atoms with E-state index in [-0.39, 0.29) is 0 Å². The number of nitrogens with zero attached hydrogens (tertiary/aromatic N) is 1. The highest BCUT2D eigenvalue weighted by Crippen LogP contribution is 2.17. The molecule has 3 heteroatoms. The van der Waals surface area contributed by atoms with Crippen LogP contribution in [0.1, 0.15) is 12.5 Å². The van der Waals surface area contributed by atoms with Gasteiger partial charge in [-0.15, -0.1) is 0 Å². The molecule has 0 unspecified atom stereocenters. The number of hydrogen-bond acceptors (Lipinski definition) is 2. The van der Waals surface area contributed by atoms with Crippen LogP contribution in [0.15, 0.2) is 30.5 Å². The molecule has 0 saturated carbocycles. The van der Waals surface area contributed by atoms with E-state index in [1.807, 2.05) is 0 Å². The Morgan fingerprint density at radius 3 is 2.94 bits per heavy atom. The van der Waals surface area contributed by atoms with Gasteiger partial charge in [-0.3, -0.25) is 0 Å². The summed E-state index contributed by atoms with van der Waals surface area (Å²) < 4.78 is 7.37. The average molecular weight is 232 g/mol. The summed E-state index contributed by atoms with van der Waals surface area (Å²) in [4.78, 5) is 0. The predicted molar refractivity (Wildman–Crippen MR) is 71.2 cm³/mol. The van der Waals surface area contributed by atoms with Crippen molar-refractivity contribution in [2.75, 3.05) is 20.3 Å². The van der Waals surface area contributed by atoms with E-state index in [4.69, 9.17) is 4.74 Å². The van der Waals surface area contributed by atoms with Crippen LogP contribution in [0.2, 0.25) is 0 Å². The fourth-order valence-corrected chi connectivity index (χ4v) is 1.99. The Morgan fingerprint density at radius 2 is 2.18 bits per heavy atom. The minimum atomic E-state index is 0.751. The van der Waals surface area contributed by atoms with E-state index < -0.39 is 0 Å². The molecule has 3 nitrogen and oxygen atoms in total. The number of benzene rings is 1. The van der Waals surface area contributed by atoms with Crippen LogP contribution < -0.4 is 5.32 Å². The number of aromatic nitrogens is 1. The number of hydrogen-bond donors (Lipinski definition) is 1. The van der Waals surface area contributed by atoms with Crippen molar-refractivity contribution < 1.29 is 4.74 Å². The van der Waals surface area contributed by atoms with Gasteiger partial charge in [0.05, 0.1) is 6.61 Å². The first-order chi connectivity index (χ1) is 8.35. The summed E-state index contributed by atoms with van der Waals surface area (Å²) in [6.45, 7) is 5.72. The van der Waals surface area contributed by atoms with Crippen molar-refractivity contribution in [2.45, 2.75) is 20.0 Å². The van der Waals surface area contributed by atoms with Crippen LogP contribution in [0.25, 0.3) is 10.9 Å². The minimum absolute atomic E-state index is 0.751. The smallest absolute Gasteiger partial charge is 0.0641 e. The third-order valence-corrected chi connectivity index (χ3v) is 2.95. The van der Waals surface area contributed by atoms with Gasteiger partial charge in [-0.1, -0.05) is 19.1 Å². The largest absolute Gasteiger partial charge is 0.383 e. The molecule has 0 amide bonds. The van der Waals surface area contributed by atoms with E-state index in [0.29, 0.717) is 0 Å². The van der Waals surface area contributed by atoms with Gasteiger partial charge in [-0.25, -0.2) is 0 Å². The molecule has 0 bridgehead atoms. The lowest BCUT2D eigenvalue weighted by Crippen LogP contribution is -2.11. The third kappa shape index (κ3) is 2.87. The molecule has 0 aliphatic carbocycles. The van der Waals surface area contributed by atoms with Gasteiger partial charge in [0.25, 0.3) is 0 Å². The van der Waals surface area contributed by atoms with Gasteiger partial charge in [-0.05, 0) is 29.6 Å². The van der Waals surface area contributed by atoms with Crippen molar-refractivity contribution in [1.29, 1.82) is 0 Å². The van der Waals surface area contributed by atoms with Crippen molar-refractivity contribution >= 4 is 10.9 Å². The van der Waals surface area contributed by atoms with E-state index in [2.05, 4.69) is 47.3 Å². The highest BCUT2D eigenvalue weighted by molar-refractivity contribution is 5.80. The summed E-state index contributed by atoms with van der Waals surface area (Å²) in [5, 5.41) is 4.64. The van der Waals surface area contributed by atoms with Gasteiger partial charge in [-0.2, -0.15) is 0 Å². The molecule has 0 aliphatic heterocycles. The Balaban J connectivity index is 2.23. The summed E-state index contributed by atoms with van der Waals surface area (Å²) in [6.07, 6.45) is 2.13. The predicted octanol–water partition coefficient (Wildman–Crippen LogP) is 2.40. The molecule has 0 atom stereocenters. The van der Waals surface area contributed by atoms with Gasteiger partial charge >= 0.3 is 0 Å². The highest BCUT2D eigenvalue weighted by Gasteiger charge is 2.02. The van der Waals surface area contributed by atoms with Gasteiger partial charge in [0.2, 0.25) is 0 Å². The quantitative estimate of drug-likeness (QED) is 0.827. The molecule has 0 saturated heterocycles. The summed E-state index contributed by atoms with van der Waals surface area (Å²) in [7, 11) is 1.74. The maximum absolute atomic E-state index is 5.13. The Labute approximate surface area is 102 Å². The minimum Gasteiger partial charge on any atom is -0.383 e. The Bertz CT molecular complexity index is 476. The van der Waals surface area contributed by atoms with Crippen LogP contribution in [0, 0.1) is 0 Å². The molecule has 0 fully saturated rings. The Kier molecular flexibility index (Phi) is 4.18. The second kappa shape index (κ2) is 5.84. The van der Waals surface area contributed by atoms with Crippen LogP contribution in [0.4, 0.5) is 0 Å². The molecule has 2 rings (SSSR count). The first kappa shape index (κ1) is 12.1. The maximum Gasteiger partial charge on any atom is 0.0641 e.